The van der Waals surface area contributed by atoms with Gasteiger partial charge in [0.2, 0.25) is 10.0 Å². The third-order valence-corrected chi connectivity index (χ3v) is 4.54. The molecule has 1 aromatic rings. The molecule has 0 amide bonds. The molecule has 5 nitrogen and oxygen atoms in total. The number of sulfonamides is 1. The third-order valence-electron chi connectivity index (χ3n) is 3.30. The molecule has 1 aliphatic rings. The lowest BCUT2D eigenvalue weighted by Crippen LogP contribution is -2.49. The molecule has 0 saturated carbocycles. The number of rotatable bonds is 2. The third kappa shape index (κ3) is 3.12. The Hall–Kier alpha value is -1.56. The Balaban J connectivity index is 0.000000956. The van der Waals surface area contributed by atoms with Crippen LogP contribution in [0.4, 0.5) is 5.69 Å². The van der Waals surface area contributed by atoms with Crippen molar-refractivity contribution in [2.24, 2.45) is 5.92 Å². The highest BCUT2D eigenvalue weighted by Gasteiger charge is 2.39. The Morgan fingerprint density at radius 3 is 2.35 bits per heavy atom. The average molecular weight is 299 g/mol. The van der Waals surface area contributed by atoms with Crippen LogP contribution in [-0.2, 0) is 21.2 Å². The van der Waals surface area contributed by atoms with Gasteiger partial charge in [0.25, 0.3) is 0 Å². The van der Waals surface area contributed by atoms with Crippen LogP contribution in [0.5, 0.6) is 0 Å². The minimum absolute atomic E-state index is 0.360. The fourth-order valence-electron chi connectivity index (χ4n) is 2.46. The fourth-order valence-corrected chi connectivity index (χ4v) is 3.75. The van der Waals surface area contributed by atoms with Crippen LogP contribution in [0, 0.1) is 5.92 Å². The van der Waals surface area contributed by atoms with Gasteiger partial charge in [0.15, 0.2) is 0 Å². The van der Waals surface area contributed by atoms with E-state index in [0.29, 0.717) is 12.1 Å². The molecule has 1 heterocycles. The number of aliphatic carboxylic acids is 1. The summed E-state index contributed by atoms with van der Waals surface area (Å²) < 4.78 is 24.9. The molecule has 112 valence electrons. The summed E-state index contributed by atoms with van der Waals surface area (Å²) in [6.07, 6.45) is 1.46. The highest BCUT2D eigenvalue weighted by Crippen LogP contribution is 2.35. The normalized spacial score (nSPS) is 21.5. The van der Waals surface area contributed by atoms with Gasteiger partial charge in [-0.05, 0) is 25.0 Å². The smallest absolute Gasteiger partial charge is 0.308 e. The number of fused-ring (bicyclic) bond motifs is 1. The number of carboxylic acid groups (broad SMARTS) is 1. The Morgan fingerprint density at radius 1 is 1.30 bits per heavy atom. The monoisotopic (exact) mass is 299 g/mol. The van der Waals surface area contributed by atoms with Crippen LogP contribution in [-0.4, -0.2) is 31.8 Å². The molecule has 0 spiro atoms. The molecule has 0 saturated heterocycles. The first kappa shape index (κ1) is 16.5. The number of benzene rings is 1. The van der Waals surface area contributed by atoms with Gasteiger partial charge in [-0.1, -0.05) is 32.0 Å². The molecular weight excluding hydrogens is 278 g/mol. The van der Waals surface area contributed by atoms with Gasteiger partial charge >= 0.3 is 5.97 Å². The van der Waals surface area contributed by atoms with Crippen molar-refractivity contribution < 1.29 is 18.3 Å². The highest BCUT2D eigenvalue weighted by atomic mass is 32.2. The number of nitrogens with zero attached hydrogens (tertiary/aromatic N) is 1. The maximum Gasteiger partial charge on any atom is 0.308 e. The van der Waals surface area contributed by atoms with Gasteiger partial charge in [-0.2, -0.15) is 0 Å². The first-order valence-electron chi connectivity index (χ1n) is 6.62. The second kappa shape index (κ2) is 6.26. The maximum atomic E-state index is 11.9. The molecule has 20 heavy (non-hydrogen) atoms. The summed E-state index contributed by atoms with van der Waals surface area (Å²) in [5.74, 6) is -1.68. The van der Waals surface area contributed by atoms with Crippen molar-refractivity contribution in [2.45, 2.75) is 33.2 Å². The quantitative estimate of drug-likeness (QED) is 0.907. The number of anilines is 1. The van der Waals surface area contributed by atoms with Crippen molar-refractivity contribution in [1.29, 1.82) is 0 Å². The number of carbonyl (C=O) groups is 1. The molecule has 0 fully saturated rings. The zero-order valence-electron chi connectivity index (χ0n) is 12.2. The Labute approximate surface area is 120 Å². The Morgan fingerprint density at radius 2 is 1.85 bits per heavy atom. The van der Waals surface area contributed by atoms with Crippen LogP contribution in [0.2, 0.25) is 0 Å². The van der Waals surface area contributed by atoms with E-state index in [1.807, 2.05) is 13.8 Å². The van der Waals surface area contributed by atoms with E-state index in [4.69, 9.17) is 0 Å². The summed E-state index contributed by atoms with van der Waals surface area (Å²) in [6, 6.07) is 6.45. The molecular formula is C14H21NO4S. The second-order valence-electron chi connectivity index (χ2n) is 4.58. The number of para-hydroxylation sites is 1. The van der Waals surface area contributed by atoms with Gasteiger partial charge in [-0.3, -0.25) is 9.10 Å². The van der Waals surface area contributed by atoms with Crippen molar-refractivity contribution in [2.75, 3.05) is 10.6 Å². The lowest BCUT2D eigenvalue weighted by molar-refractivity contribution is -0.142. The van der Waals surface area contributed by atoms with E-state index in [1.54, 1.807) is 31.2 Å². The van der Waals surface area contributed by atoms with E-state index in [2.05, 4.69) is 0 Å². The summed E-state index contributed by atoms with van der Waals surface area (Å²) in [7, 11) is -3.48. The summed E-state index contributed by atoms with van der Waals surface area (Å²) >= 11 is 0. The van der Waals surface area contributed by atoms with Crippen molar-refractivity contribution >= 4 is 21.7 Å². The van der Waals surface area contributed by atoms with Gasteiger partial charge in [0.05, 0.1) is 23.9 Å². The zero-order valence-corrected chi connectivity index (χ0v) is 13.0. The standard InChI is InChI=1S/C12H15NO4S.C2H6/c1-8-10(12(14)15)7-9-5-3-4-6-11(9)13(8)18(2,16)17;1-2/h3-6,8,10H,7H2,1-2H3,(H,14,15);1-2H3/t8-,10?;/m1./s1. The highest BCUT2D eigenvalue weighted by molar-refractivity contribution is 7.92. The van der Waals surface area contributed by atoms with E-state index in [-0.39, 0.29) is 0 Å². The van der Waals surface area contributed by atoms with Gasteiger partial charge in [-0.25, -0.2) is 8.42 Å². The lowest BCUT2D eigenvalue weighted by atomic mass is 9.88. The van der Waals surface area contributed by atoms with Crippen LogP contribution in [0.3, 0.4) is 0 Å². The molecule has 1 N–H and O–H groups in total. The van der Waals surface area contributed by atoms with Crippen molar-refractivity contribution in [3.8, 4) is 0 Å². The van der Waals surface area contributed by atoms with E-state index in [0.717, 1.165) is 11.8 Å². The zero-order chi connectivity index (χ0) is 15.5. The summed E-state index contributed by atoms with van der Waals surface area (Å²) in [5.41, 5.74) is 1.35. The number of hydrogen-bond acceptors (Lipinski definition) is 3. The summed E-state index contributed by atoms with van der Waals surface area (Å²) in [4.78, 5) is 11.2. The van der Waals surface area contributed by atoms with Gasteiger partial charge in [-0.15, -0.1) is 0 Å². The van der Waals surface area contributed by atoms with Crippen molar-refractivity contribution in [1.82, 2.24) is 0 Å². The predicted molar refractivity (Wildman–Crippen MR) is 79.4 cm³/mol. The Bertz CT molecular complexity index is 583. The average Bonchev–Trinajstić information content (AvgIpc) is 2.38. The van der Waals surface area contributed by atoms with E-state index < -0.39 is 28.0 Å². The molecule has 1 unspecified atom stereocenters. The van der Waals surface area contributed by atoms with Crippen LogP contribution in [0.15, 0.2) is 24.3 Å². The largest absolute Gasteiger partial charge is 0.481 e. The van der Waals surface area contributed by atoms with E-state index >= 15 is 0 Å². The molecule has 6 heteroatoms. The van der Waals surface area contributed by atoms with Crippen molar-refractivity contribution in [3.63, 3.8) is 0 Å². The minimum Gasteiger partial charge on any atom is -0.481 e. The minimum atomic E-state index is -3.48. The first-order valence-corrected chi connectivity index (χ1v) is 8.47. The molecule has 0 aromatic heterocycles. The van der Waals surface area contributed by atoms with Crippen LogP contribution >= 0.6 is 0 Å². The predicted octanol–water partition coefficient (Wildman–Crippen LogP) is 2.12. The maximum absolute atomic E-state index is 11.9. The number of carboxylic acids is 1. The fraction of sp³-hybridized carbons (Fsp3) is 0.500. The molecule has 0 bridgehead atoms. The Kier molecular flexibility index (Phi) is 5.16. The van der Waals surface area contributed by atoms with Crippen LogP contribution < -0.4 is 4.31 Å². The summed E-state index contributed by atoms with van der Waals surface area (Å²) in [5, 5.41) is 9.20. The molecule has 0 radical (unpaired) electrons. The molecule has 2 rings (SSSR count). The topological polar surface area (TPSA) is 74.7 Å². The second-order valence-corrected chi connectivity index (χ2v) is 6.44. The number of hydrogen-bond donors (Lipinski definition) is 1. The molecule has 0 aliphatic carbocycles. The molecule has 2 atom stereocenters. The molecule has 1 aromatic carbocycles. The van der Waals surface area contributed by atoms with Gasteiger partial charge in [0.1, 0.15) is 0 Å². The molecule has 1 aliphatic heterocycles. The van der Waals surface area contributed by atoms with Crippen molar-refractivity contribution in [3.05, 3.63) is 29.8 Å². The van der Waals surface area contributed by atoms with E-state index in [1.165, 1.54) is 4.31 Å². The lowest BCUT2D eigenvalue weighted by Gasteiger charge is -2.38. The van der Waals surface area contributed by atoms with Crippen LogP contribution in [0.1, 0.15) is 26.3 Å². The SMILES string of the molecule is CC.C[C@@H]1C(C(=O)O)Cc2ccccc2N1S(C)(=O)=O. The summed E-state index contributed by atoms with van der Waals surface area (Å²) in [6.45, 7) is 5.63. The van der Waals surface area contributed by atoms with E-state index in [9.17, 15) is 18.3 Å². The van der Waals surface area contributed by atoms with Gasteiger partial charge < -0.3 is 5.11 Å². The first-order chi connectivity index (χ1) is 9.32. The van der Waals surface area contributed by atoms with Crippen LogP contribution in [0.25, 0.3) is 0 Å². The van der Waals surface area contributed by atoms with Gasteiger partial charge in [0, 0.05) is 0 Å².